The van der Waals surface area contributed by atoms with E-state index in [9.17, 15) is 0 Å². The van der Waals surface area contributed by atoms with E-state index in [4.69, 9.17) is 9.47 Å². The summed E-state index contributed by atoms with van der Waals surface area (Å²) in [6.07, 6.45) is 0.244. The maximum atomic E-state index is 6.26. The standard InChI is InChI=1S/C22H20O2/c1-4-10-17(11-5-1)21(18-12-6-2-7-13-18)23-16-20-22(24-20)19-14-8-3-9-15-19/h1-15,20-22H,16H2/t20-,22+/m0/s1. The molecule has 0 saturated carbocycles. The molecule has 0 amide bonds. The predicted molar refractivity (Wildman–Crippen MR) is 94.7 cm³/mol. The van der Waals surface area contributed by atoms with Gasteiger partial charge in [0.15, 0.2) is 0 Å². The van der Waals surface area contributed by atoms with E-state index in [0.29, 0.717) is 6.61 Å². The molecular formula is C22H20O2. The fraction of sp³-hybridized carbons (Fsp3) is 0.182. The van der Waals surface area contributed by atoms with Crippen molar-refractivity contribution in [3.63, 3.8) is 0 Å². The first-order valence-electron chi connectivity index (χ1n) is 8.34. The summed E-state index contributed by atoms with van der Waals surface area (Å²) in [5.74, 6) is 0. The van der Waals surface area contributed by atoms with Crippen LogP contribution in [0.1, 0.15) is 28.9 Å². The van der Waals surface area contributed by atoms with Crippen LogP contribution in [0.2, 0.25) is 0 Å². The van der Waals surface area contributed by atoms with Crippen LogP contribution in [0, 0.1) is 0 Å². The van der Waals surface area contributed by atoms with Crippen molar-refractivity contribution in [1.29, 1.82) is 0 Å². The Kier molecular flexibility index (Phi) is 4.41. The Morgan fingerprint density at radius 2 is 1.21 bits per heavy atom. The molecule has 0 spiro atoms. The number of hydrogen-bond acceptors (Lipinski definition) is 2. The average molecular weight is 316 g/mol. The SMILES string of the molecule is c1ccc(C(OC[C@@H]2O[C@@H]2c2ccccc2)c2ccccc2)cc1. The van der Waals surface area contributed by atoms with Gasteiger partial charge in [0.05, 0.1) is 6.61 Å². The highest BCUT2D eigenvalue weighted by atomic mass is 16.6. The largest absolute Gasteiger partial charge is 0.366 e. The average Bonchev–Trinajstić information content (AvgIpc) is 3.44. The highest BCUT2D eigenvalue weighted by Gasteiger charge is 2.40. The van der Waals surface area contributed by atoms with Gasteiger partial charge in [-0.2, -0.15) is 0 Å². The van der Waals surface area contributed by atoms with Gasteiger partial charge in [0.2, 0.25) is 0 Å². The first-order chi connectivity index (χ1) is 11.9. The number of hydrogen-bond donors (Lipinski definition) is 0. The van der Waals surface area contributed by atoms with Crippen LogP contribution in [-0.2, 0) is 9.47 Å². The zero-order chi connectivity index (χ0) is 16.2. The van der Waals surface area contributed by atoms with Gasteiger partial charge in [0.1, 0.15) is 18.3 Å². The van der Waals surface area contributed by atoms with Crippen molar-refractivity contribution in [2.45, 2.75) is 18.3 Å². The summed E-state index contributed by atoms with van der Waals surface area (Å²) in [5, 5.41) is 0. The lowest BCUT2D eigenvalue weighted by Gasteiger charge is -2.18. The molecule has 1 aliphatic rings. The summed E-state index contributed by atoms with van der Waals surface area (Å²) in [6.45, 7) is 0.591. The van der Waals surface area contributed by atoms with E-state index in [1.54, 1.807) is 0 Å². The van der Waals surface area contributed by atoms with Crippen LogP contribution in [0.4, 0.5) is 0 Å². The number of benzene rings is 3. The molecule has 4 rings (SSSR count). The third kappa shape index (κ3) is 3.40. The van der Waals surface area contributed by atoms with Crippen molar-refractivity contribution in [1.82, 2.24) is 0 Å². The maximum Gasteiger partial charge on any atom is 0.112 e. The van der Waals surface area contributed by atoms with E-state index >= 15 is 0 Å². The minimum Gasteiger partial charge on any atom is -0.366 e. The summed E-state index contributed by atoms with van der Waals surface area (Å²) in [4.78, 5) is 0. The van der Waals surface area contributed by atoms with E-state index in [0.717, 1.165) is 0 Å². The van der Waals surface area contributed by atoms with Crippen molar-refractivity contribution in [3.8, 4) is 0 Å². The summed E-state index contributed by atoms with van der Waals surface area (Å²) in [6, 6.07) is 31.0. The third-order valence-corrected chi connectivity index (χ3v) is 4.34. The Balaban J connectivity index is 1.46. The van der Waals surface area contributed by atoms with Crippen LogP contribution < -0.4 is 0 Å². The zero-order valence-corrected chi connectivity index (χ0v) is 13.4. The molecule has 1 saturated heterocycles. The van der Waals surface area contributed by atoms with Crippen molar-refractivity contribution < 1.29 is 9.47 Å². The highest BCUT2D eigenvalue weighted by Crippen LogP contribution is 2.40. The number of epoxide rings is 1. The van der Waals surface area contributed by atoms with Gasteiger partial charge in [0, 0.05) is 0 Å². The lowest BCUT2D eigenvalue weighted by atomic mass is 10.0. The van der Waals surface area contributed by atoms with Crippen LogP contribution in [0.15, 0.2) is 91.0 Å². The lowest BCUT2D eigenvalue weighted by molar-refractivity contribution is 0.0672. The Morgan fingerprint density at radius 3 is 1.75 bits per heavy atom. The fourth-order valence-corrected chi connectivity index (χ4v) is 3.04. The van der Waals surface area contributed by atoms with E-state index in [1.165, 1.54) is 16.7 Å². The molecule has 0 radical (unpaired) electrons. The van der Waals surface area contributed by atoms with Gasteiger partial charge >= 0.3 is 0 Å². The molecule has 3 aromatic rings. The van der Waals surface area contributed by atoms with Gasteiger partial charge < -0.3 is 9.47 Å². The van der Waals surface area contributed by atoms with Crippen molar-refractivity contribution in [2.24, 2.45) is 0 Å². The Bertz CT molecular complexity index is 716. The second-order valence-electron chi connectivity index (χ2n) is 6.04. The van der Waals surface area contributed by atoms with Gasteiger partial charge in [-0.3, -0.25) is 0 Å². The van der Waals surface area contributed by atoms with E-state index in [1.807, 2.05) is 30.3 Å². The molecule has 0 unspecified atom stereocenters. The number of ether oxygens (including phenoxy) is 2. The molecule has 2 nitrogen and oxygen atoms in total. The minimum atomic E-state index is -0.0620. The summed E-state index contributed by atoms with van der Waals surface area (Å²) in [5.41, 5.74) is 3.56. The predicted octanol–water partition coefficient (Wildman–Crippen LogP) is 4.93. The summed E-state index contributed by atoms with van der Waals surface area (Å²) >= 11 is 0. The normalized spacial score (nSPS) is 19.4. The van der Waals surface area contributed by atoms with E-state index < -0.39 is 0 Å². The molecule has 2 atom stereocenters. The first kappa shape index (κ1) is 15.1. The van der Waals surface area contributed by atoms with Gasteiger partial charge in [0.25, 0.3) is 0 Å². The number of rotatable bonds is 6. The second kappa shape index (κ2) is 7.00. The molecule has 0 aliphatic carbocycles. The second-order valence-corrected chi connectivity index (χ2v) is 6.04. The quantitative estimate of drug-likeness (QED) is 0.601. The Labute approximate surface area is 142 Å². The Morgan fingerprint density at radius 1 is 0.708 bits per heavy atom. The zero-order valence-electron chi connectivity index (χ0n) is 13.4. The molecule has 24 heavy (non-hydrogen) atoms. The monoisotopic (exact) mass is 316 g/mol. The van der Waals surface area contributed by atoms with E-state index in [2.05, 4.69) is 60.7 Å². The third-order valence-electron chi connectivity index (χ3n) is 4.34. The first-order valence-corrected chi connectivity index (χ1v) is 8.34. The van der Waals surface area contributed by atoms with Gasteiger partial charge in [-0.25, -0.2) is 0 Å². The molecule has 0 aromatic heterocycles. The van der Waals surface area contributed by atoms with Crippen LogP contribution in [-0.4, -0.2) is 12.7 Å². The van der Waals surface area contributed by atoms with Crippen LogP contribution in [0.5, 0.6) is 0 Å². The molecule has 1 fully saturated rings. The van der Waals surface area contributed by atoms with Crippen LogP contribution >= 0.6 is 0 Å². The molecule has 3 aromatic carbocycles. The smallest absolute Gasteiger partial charge is 0.112 e. The molecular weight excluding hydrogens is 296 g/mol. The lowest BCUT2D eigenvalue weighted by Crippen LogP contribution is -2.11. The van der Waals surface area contributed by atoms with Gasteiger partial charge in [-0.05, 0) is 16.7 Å². The van der Waals surface area contributed by atoms with Crippen molar-refractivity contribution in [3.05, 3.63) is 108 Å². The maximum absolute atomic E-state index is 6.26. The van der Waals surface area contributed by atoms with Crippen molar-refractivity contribution in [2.75, 3.05) is 6.61 Å². The van der Waals surface area contributed by atoms with E-state index in [-0.39, 0.29) is 18.3 Å². The fourth-order valence-electron chi connectivity index (χ4n) is 3.04. The highest BCUT2D eigenvalue weighted by molar-refractivity contribution is 5.30. The molecule has 0 bridgehead atoms. The molecule has 120 valence electrons. The summed E-state index contributed by atoms with van der Waals surface area (Å²) in [7, 11) is 0. The van der Waals surface area contributed by atoms with Crippen LogP contribution in [0.25, 0.3) is 0 Å². The molecule has 2 heteroatoms. The summed E-state index contributed by atoms with van der Waals surface area (Å²) < 4.78 is 12.1. The molecule has 1 heterocycles. The topological polar surface area (TPSA) is 21.8 Å². The molecule has 0 N–H and O–H groups in total. The van der Waals surface area contributed by atoms with Crippen molar-refractivity contribution >= 4 is 0 Å². The van der Waals surface area contributed by atoms with Gasteiger partial charge in [-0.1, -0.05) is 91.0 Å². The van der Waals surface area contributed by atoms with Crippen LogP contribution in [0.3, 0.4) is 0 Å². The van der Waals surface area contributed by atoms with Gasteiger partial charge in [-0.15, -0.1) is 0 Å². The molecule has 1 aliphatic heterocycles. The minimum absolute atomic E-state index is 0.0620. The Hall–Kier alpha value is -2.42.